The largest absolute Gasteiger partial charge is 0.236 e. The molecule has 0 aliphatic rings. The smallest absolute Gasteiger partial charge is 0.0582 e. The van der Waals surface area contributed by atoms with E-state index in [4.69, 9.17) is 0 Å². The van der Waals surface area contributed by atoms with Crippen LogP contribution < -0.4 is 0 Å². The van der Waals surface area contributed by atoms with E-state index in [9.17, 15) is 0 Å². The summed E-state index contributed by atoms with van der Waals surface area (Å²) in [5, 5.41) is 2.14. The summed E-state index contributed by atoms with van der Waals surface area (Å²) in [5.74, 6) is 0. The summed E-state index contributed by atoms with van der Waals surface area (Å²) in [6.07, 6.45) is 0. The molecule has 0 aliphatic heterocycles. The molecular weight excluding hydrogens is 94.1 g/mol. The summed E-state index contributed by atoms with van der Waals surface area (Å²) in [5.41, 5.74) is 0. The molecule has 1 nitrogen and oxygen atoms in total. The van der Waals surface area contributed by atoms with E-state index in [2.05, 4.69) is 22.4 Å². The van der Waals surface area contributed by atoms with Crippen molar-refractivity contribution in [1.82, 2.24) is 0 Å². The van der Waals surface area contributed by atoms with E-state index in [-0.39, 0.29) is 0 Å². The van der Waals surface area contributed by atoms with Crippen molar-refractivity contribution >= 4 is 17.4 Å². The van der Waals surface area contributed by atoms with Crippen molar-refractivity contribution in [2.24, 2.45) is 4.99 Å². The fraction of sp³-hybridized carbons (Fsp3) is 0.750. The summed E-state index contributed by atoms with van der Waals surface area (Å²) >= 11 is 4.14. The molecule has 0 spiro atoms. The number of nitrogens with zero attached hydrogens (tertiary/aromatic N) is 1. The molecular formula is C4H9NS. The monoisotopic (exact) mass is 103 g/mol. The molecule has 0 aromatic carbocycles. The minimum absolute atomic E-state index is 1.59. The van der Waals surface area contributed by atoms with E-state index >= 15 is 0 Å². The van der Waals surface area contributed by atoms with Gasteiger partial charge in [0.15, 0.2) is 0 Å². The van der Waals surface area contributed by atoms with Crippen molar-refractivity contribution in [1.29, 1.82) is 0 Å². The van der Waals surface area contributed by atoms with E-state index in [0.29, 0.717) is 0 Å². The Bertz CT molecular complexity index is 45.5. The Hall–Kier alpha value is -0.200. The Morgan fingerprint density at radius 1 is 1.50 bits per heavy atom. The molecule has 0 fully saturated rings. The molecule has 0 amide bonds. The normalized spacial score (nSPS) is 3.83. The lowest BCUT2D eigenvalue weighted by Gasteiger charge is -1.39. The van der Waals surface area contributed by atoms with Crippen LogP contribution >= 0.6 is 12.2 Å². The maximum Gasteiger partial charge on any atom is 0.0582 e. The van der Waals surface area contributed by atoms with Crippen molar-refractivity contribution in [2.75, 3.05) is 7.05 Å². The number of hydrogen-bond donors (Lipinski definition) is 0. The predicted octanol–water partition coefficient (Wildman–Crippen LogP) is 1.75. The molecule has 0 rings (SSSR count). The van der Waals surface area contributed by atoms with Crippen molar-refractivity contribution in [3.63, 3.8) is 0 Å². The third-order valence-corrected chi connectivity index (χ3v) is 0.274. The van der Waals surface area contributed by atoms with Gasteiger partial charge in [0, 0.05) is 7.05 Å². The van der Waals surface area contributed by atoms with E-state index in [1.54, 1.807) is 7.05 Å². The first-order chi connectivity index (χ1) is 2.91. The molecule has 0 heterocycles. The van der Waals surface area contributed by atoms with Gasteiger partial charge in [-0.1, -0.05) is 13.8 Å². The number of aliphatic imine (C=N–C) groups is 1. The van der Waals surface area contributed by atoms with Crippen LogP contribution in [0.4, 0.5) is 0 Å². The quantitative estimate of drug-likeness (QED) is 0.336. The highest BCUT2D eigenvalue weighted by Crippen LogP contribution is 1.36. The van der Waals surface area contributed by atoms with Crippen LogP contribution in [-0.4, -0.2) is 12.2 Å². The molecule has 0 N–H and O–H groups in total. The van der Waals surface area contributed by atoms with Gasteiger partial charge in [-0.3, -0.25) is 0 Å². The van der Waals surface area contributed by atoms with Gasteiger partial charge in [-0.05, 0) is 12.2 Å². The lowest BCUT2D eigenvalue weighted by molar-refractivity contribution is 1.49. The van der Waals surface area contributed by atoms with Gasteiger partial charge in [0.05, 0.1) is 5.16 Å². The Balaban J connectivity index is 0. The maximum atomic E-state index is 4.14. The third kappa shape index (κ3) is 46.5. The van der Waals surface area contributed by atoms with E-state index in [1.165, 1.54) is 0 Å². The van der Waals surface area contributed by atoms with Gasteiger partial charge in [-0.2, -0.15) is 0 Å². The lowest BCUT2D eigenvalue weighted by atomic mass is 11.0. The Morgan fingerprint density at radius 2 is 1.67 bits per heavy atom. The van der Waals surface area contributed by atoms with Crippen LogP contribution in [0.15, 0.2) is 4.99 Å². The maximum absolute atomic E-state index is 4.14. The average molecular weight is 103 g/mol. The van der Waals surface area contributed by atoms with Crippen molar-refractivity contribution in [3.8, 4) is 0 Å². The average Bonchev–Trinajstić information content (AvgIpc) is 1.72. The topological polar surface area (TPSA) is 12.4 Å². The Morgan fingerprint density at radius 3 is 1.67 bits per heavy atom. The first-order valence-electron chi connectivity index (χ1n) is 1.87. The SMILES string of the molecule is CC.CN=C=S. The molecule has 0 aromatic heterocycles. The second kappa shape index (κ2) is 21.4. The fourth-order valence-electron chi connectivity index (χ4n) is 0. The van der Waals surface area contributed by atoms with E-state index in [0.717, 1.165) is 0 Å². The molecule has 0 atom stereocenters. The Labute approximate surface area is 44.1 Å². The minimum atomic E-state index is 1.59. The Kier molecular flexibility index (Phi) is 33.0. The summed E-state index contributed by atoms with van der Waals surface area (Å²) in [4.78, 5) is 3.30. The molecule has 0 aliphatic carbocycles. The van der Waals surface area contributed by atoms with E-state index < -0.39 is 0 Å². The van der Waals surface area contributed by atoms with Crippen LogP contribution in [0.1, 0.15) is 13.8 Å². The van der Waals surface area contributed by atoms with Gasteiger partial charge >= 0.3 is 0 Å². The summed E-state index contributed by atoms with van der Waals surface area (Å²) in [6.45, 7) is 4.00. The van der Waals surface area contributed by atoms with E-state index in [1.807, 2.05) is 13.8 Å². The molecule has 0 unspecified atom stereocenters. The zero-order chi connectivity index (χ0) is 5.41. The van der Waals surface area contributed by atoms with Crippen LogP contribution in [0.5, 0.6) is 0 Å². The zero-order valence-corrected chi connectivity index (χ0v) is 5.17. The zero-order valence-electron chi connectivity index (χ0n) is 4.36. The highest BCUT2D eigenvalue weighted by Gasteiger charge is 1.24. The molecule has 0 saturated heterocycles. The summed E-state index contributed by atoms with van der Waals surface area (Å²) < 4.78 is 0. The number of isothiocyanates is 1. The molecule has 0 aromatic rings. The first kappa shape index (κ1) is 9.25. The third-order valence-electron chi connectivity index (χ3n) is 0.0913. The van der Waals surface area contributed by atoms with Crippen molar-refractivity contribution in [3.05, 3.63) is 0 Å². The second-order valence-corrected chi connectivity index (χ2v) is 0.497. The number of rotatable bonds is 0. The number of hydrogen-bond acceptors (Lipinski definition) is 2. The summed E-state index contributed by atoms with van der Waals surface area (Å²) in [7, 11) is 1.59. The van der Waals surface area contributed by atoms with Crippen LogP contribution in [0.2, 0.25) is 0 Å². The minimum Gasteiger partial charge on any atom is -0.236 e. The molecule has 0 radical (unpaired) electrons. The van der Waals surface area contributed by atoms with Crippen LogP contribution in [0.25, 0.3) is 0 Å². The van der Waals surface area contributed by atoms with Crippen LogP contribution in [0.3, 0.4) is 0 Å². The molecule has 2 heteroatoms. The van der Waals surface area contributed by atoms with Crippen molar-refractivity contribution in [2.45, 2.75) is 13.8 Å². The predicted molar refractivity (Wildman–Crippen MR) is 32.3 cm³/mol. The fourth-order valence-corrected chi connectivity index (χ4v) is 0. The van der Waals surface area contributed by atoms with Gasteiger partial charge in [-0.15, -0.1) is 0 Å². The highest BCUT2D eigenvalue weighted by atomic mass is 32.1. The van der Waals surface area contributed by atoms with Gasteiger partial charge in [0.1, 0.15) is 0 Å². The standard InChI is InChI=1S/C2H3NS.C2H6/c1-3-2-4;1-2/h1H3;1-2H3. The van der Waals surface area contributed by atoms with Gasteiger partial charge in [0.2, 0.25) is 0 Å². The van der Waals surface area contributed by atoms with Gasteiger partial charge in [-0.25, -0.2) is 4.99 Å². The molecule has 0 bridgehead atoms. The second-order valence-electron chi connectivity index (χ2n) is 0.315. The van der Waals surface area contributed by atoms with Crippen LogP contribution in [0, 0.1) is 0 Å². The van der Waals surface area contributed by atoms with Crippen molar-refractivity contribution < 1.29 is 0 Å². The van der Waals surface area contributed by atoms with Gasteiger partial charge < -0.3 is 0 Å². The highest BCUT2D eigenvalue weighted by molar-refractivity contribution is 7.78. The number of thiocarbonyl (C=S) groups is 1. The molecule has 6 heavy (non-hydrogen) atoms. The molecule has 36 valence electrons. The van der Waals surface area contributed by atoms with Crippen LogP contribution in [-0.2, 0) is 0 Å². The molecule has 0 saturated carbocycles. The summed E-state index contributed by atoms with van der Waals surface area (Å²) in [6, 6.07) is 0. The van der Waals surface area contributed by atoms with Gasteiger partial charge in [0.25, 0.3) is 0 Å². The first-order valence-corrected chi connectivity index (χ1v) is 2.28. The lowest BCUT2D eigenvalue weighted by Crippen LogP contribution is -1.33.